The molecule has 1 saturated carbocycles. The first kappa shape index (κ1) is 17.8. The van der Waals surface area contributed by atoms with Crippen LogP contribution in [0.25, 0.3) is 5.69 Å². The van der Waals surface area contributed by atoms with Crippen LogP contribution in [-0.4, -0.2) is 26.7 Å². The van der Waals surface area contributed by atoms with E-state index in [1.807, 2.05) is 0 Å². The van der Waals surface area contributed by atoms with Crippen molar-refractivity contribution in [3.05, 3.63) is 41.7 Å². The molecule has 2 amide bonds. The Morgan fingerprint density at radius 1 is 1.19 bits per heavy atom. The van der Waals surface area contributed by atoms with Crippen molar-refractivity contribution in [2.24, 2.45) is 5.92 Å². The van der Waals surface area contributed by atoms with Gasteiger partial charge in [0.15, 0.2) is 11.4 Å². The van der Waals surface area contributed by atoms with Crippen molar-refractivity contribution in [3.8, 4) is 11.4 Å². The van der Waals surface area contributed by atoms with Gasteiger partial charge in [-0.2, -0.15) is 18.3 Å². The molecule has 0 saturated heterocycles. The third kappa shape index (κ3) is 3.48. The first-order chi connectivity index (χ1) is 12.3. The lowest BCUT2D eigenvalue weighted by molar-refractivity contribution is -0.137. The Hall–Kier alpha value is -3.04. The highest BCUT2D eigenvalue weighted by atomic mass is 19.4. The van der Waals surface area contributed by atoms with Crippen LogP contribution < -0.4 is 10.9 Å². The molecule has 2 aromatic rings. The summed E-state index contributed by atoms with van der Waals surface area (Å²) in [5.74, 6) is -2.07. The van der Waals surface area contributed by atoms with Crippen LogP contribution in [0.4, 0.5) is 13.2 Å². The molecule has 1 aliphatic rings. The number of rotatable bonds is 3. The van der Waals surface area contributed by atoms with E-state index >= 15 is 0 Å². The van der Waals surface area contributed by atoms with E-state index < -0.39 is 29.1 Å². The maximum atomic E-state index is 13.1. The number of aromatic nitrogens is 2. The van der Waals surface area contributed by atoms with E-state index in [1.54, 1.807) is 0 Å². The number of halogens is 3. The second-order valence-corrected chi connectivity index (χ2v) is 5.89. The van der Waals surface area contributed by atoms with Gasteiger partial charge < -0.3 is 5.11 Å². The Morgan fingerprint density at radius 2 is 1.88 bits per heavy atom. The van der Waals surface area contributed by atoms with Crippen molar-refractivity contribution >= 4 is 11.8 Å². The van der Waals surface area contributed by atoms with Crippen LogP contribution in [0, 0.1) is 5.92 Å². The fourth-order valence-corrected chi connectivity index (χ4v) is 2.51. The highest BCUT2D eigenvalue weighted by Gasteiger charge is 2.34. The molecule has 0 bridgehead atoms. The summed E-state index contributed by atoms with van der Waals surface area (Å²) in [5, 5.41) is 13.6. The summed E-state index contributed by atoms with van der Waals surface area (Å²) in [6.07, 6.45) is -1.33. The van der Waals surface area contributed by atoms with Gasteiger partial charge in [-0.3, -0.25) is 20.4 Å². The van der Waals surface area contributed by atoms with Gasteiger partial charge >= 0.3 is 6.18 Å². The van der Waals surface area contributed by atoms with Gasteiger partial charge in [0, 0.05) is 5.92 Å². The molecule has 0 aliphatic heterocycles. The zero-order chi connectivity index (χ0) is 18.9. The van der Waals surface area contributed by atoms with E-state index in [2.05, 4.69) is 16.0 Å². The third-order valence-corrected chi connectivity index (χ3v) is 4.14. The van der Waals surface area contributed by atoms with Crippen molar-refractivity contribution in [2.75, 3.05) is 0 Å². The number of nitrogens with zero attached hydrogens (tertiary/aromatic N) is 2. The van der Waals surface area contributed by atoms with Crippen LogP contribution in [-0.2, 0) is 11.0 Å². The van der Waals surface area contributed by atoms with Crippen molar-refractivity contribution in [2.45, 2.75) is 25.4 Å². The van der Waals surface area contributed by atoms with E-state index in [-0.39, 0.29) is 17.5 Å². The van der Waals surface area contributed by atoms with E-state index in [4.69, 9.17) is 0 Å². The molecule has 3 rings (SSSR count). The predicted molar refractivity (Wildman–Crippen MR) is 83.2 cm³/mol. The van der Waals surface area contributed by atoms with Gasteiger partial charge in [-0.1, -0.05) is 18.6 Å². The number of hydrogen-bond acceptors (Lipinski definition) is 4. The van der Waals surface area contributed by atoms with Crippen molar-refractivity contribution in [1.82, 2.24) is 20.6 Å². The summed E-state index contributed by atoms with van der Waals surface area (Å²) in [6.45, 7) is 0. The number of carbonyl (C=O) groups is 2. The number of para-hydroxylation sites is 1. The third-order valence-electron chi connectivity index (χ3n) is 4.14. The van der Waals surface area contributed by atoms with E-state index in [9.17, 15) is 27.9 Å². The molecule has 1 aliphatic carbocycles. The van der Waals surface area contributed by atoms with Crippen molar-refractivity contribution < 1.29 is 27.9 Å². The van der Waals surface area contributed by atoms with Crippen molar-refractivity contribution in [3.63, 3.8) is 0 Å². The lowest BCUT2D eigenvalue weighted by Crippen LogP contribution is -2.46. The minimum atomic E-state index is -4.63. The molecule has 1 heterocycles. The fraction of sp³-hybridized carbons (Fsp3) is 0.312. The van der Waals surface area contributed by atoms with Crippen LogP contribution >= 0.6 is 0 Å². The molecule has 1 aromatic heterocycles. The normalized spacial score (nSPS) is 14.6. The Bertz CT molecular complexity index is 844. The van der Waals surface area contributed by atoms with E-state index in [0.717, 1.165) is 42.3 Å². The number of hydrazine groups is 1. The van der Waals surface area contributed by atoms with Crippen LogP contribution in [0.3, 0.4) is 0 Å². The quantitative estimate of drug-likeness (QED) is 0.724. The van der Waals surface area contributed by atoms with E-state index in [0.29, 0.717) is 0 Å². The molecule has 0 radical (unpaired) electrons. The zero-order valence-electron chi connectivity index (χ0n) is 13.4. The molecule has 26 heavy (non-hydrogen) atoms. The first-order valence-electron chi connectivity index (χ1n) is 7.83. The average Bonchev–Trinajstić information content (AvgIpc) is 2.92. The molecule has 0 atom stereocenters. The van der Waals surface area contributed by atoms with Crippen LogP contribution in [0.2, 0.25) is 0 Å². The lowest BCUT2D eigenvalue weighted by atomic mass is 9.85. The largest absolute Gasteiger partial charge is 0.504 e. The van der Waals surface area contributed by atoms with Crippen molar-refractivity contribution in [1.29, 1.82) is 0 Å². The lowest BCUT2D eigenvalue weighted by Gasteiger charge is -2.23. The van der Waals surface area contributed by atoms with Gasteiger partial charge in [0.2, 0.25) is 5.91 Å². The first-order valence-corrected chi connectivity index (χ1v) is 7.83. The van der Waals surface area contributed by atoms with Gasteiger partial charge in [-0.15, -0.1) is 0 Å². The second kappa shape index (κ2) is 6.70. The Labute approximate surface area is 145 Å². The molecular formula is C16H15F3N4O3. The SMILES string of the molecule is O=C(NNC(=O)C1CCC1)c1nn(-c2ccccc2C(F)(F)F)cc1O. The van der Waals surface area contributed by atoms with Crippen LogP contribution in [0.1, 0.15) is 35.3 Å². The van der Waals surface area contributed by atoms with Gasteiger partial charge in [0.05, 0.1) is 17.4 Å². The standard InChI is InChI=1S/C16H15F3N4O3/c17-16(18,19)10-6-1-2-7-11(10)23-8-12(24)13(22-23)15(26)21-20-14(25)9-4-3-5-9/h1-2,6-9,24H,3-5H2,(H,20,25)(H,21,26). The zero-order valence-corrected chi connectivity index (χ0v) is 13.4. The van der Waals surface area contributed by atoms with Gasteiger partial charge in [-0.05, 0) is 25.0 Å². The van der Waals surface area contributed by atoms with Crippen LogP contribution in [0.15, 0.2) is 30.5 Å². The Morgan fingerprint density at radius 3 is 2.50 bits per heavy atom. The smallest absolute Gasteiger partial charge is 0.418 e. The monoisotopic (exact) mass is 368 g/mol. The fourth-order valence-electron chi connectivity index (χ4n) is 2.51. The molecule has 138 valence electrons. The summed E-state index contributed by atoms with van der Waals surface area (Å²) in [6, 6.07) is 4.63. The number of benzene rings is 1. The minimum absolute atomic E-state index is 0.167. The van der Waals surface area contributed by atoms with Gasteiger partial charge in [0.25, 0.3) is 5.91 Å². The summed E-state index contributed by atoms with van der Waals surface area (Å²) in [4.78, 5) is 23.7. The molecule has 10 heteroatoms. The molecular weight excluding hydrogens is 353 g/mol. The number of carbonyl (C=O) groups excluding carboxylic acids is 2. The van der Waals surface area contributed by atoms with Gasteiger partial charge in [-0.25, -0.2) is 4.68 Å². The maximum absolute atomic E-state index is 13.1. The molecule has 0 unspecified atom stereocenters. The Balaban J connectivity index is 1.79. The van der Waals surface area contributed by atoms with Gasteiger partial charge in [0.1, 0.15) is 0 Å². The Kier molecular flexibility index (Phi) is 4.58. The number of amides is 2. The maximum Gasteiger partial charge on any atom is 0.418 e. The van der Waals surface area contributed by atoms with Crippen LogP contribution in [0.5, 0.6) is 5.75 Å². The number of alkyl halides is 3. The highest BCUT2D eigenvalue weighted by molar-refractivity contribution is 5.96. The summed E-state index contributed by atoms with van der Waals surface area (Å²) in [5.41, 5.74) is 2.51. The summed E-state index contributed by atoms with van der Waals surface area (Å²) >= 11 is 0. The minimum Gasteiger partial charge on any atom is -0.504 e. The molecule has 1 aromatic carbocycles. The molecule has 7 nitrogen and oxygen atoms in total. The average molecular weight is 368 g/mol. The molecule has 0 spiro atoms. The molecule has 1 fully saturated rings. The summed E-state index contributed by atoms with van der Waals surface area (Å²) < 4.78 is 40.0. The number of hydrogen-bond donors (Lipinski definition) is 3. The van der Waals surface area contributed by atoms with E-state index in [1.165, 1.54) is 12.1 Å². The summed E-state index contributed by atoms with van der Waals surface area (Å²) in [7, 11) is 0. The number of aromatic hydroxyl groups is 1. The predicted octanol–water partition coefficient (Wildman–Crippen LogP) is 2.16. The highest BCUT2D eigenvalue weighted by Crippen LogP contribution is 2.34. The second-order valence-electron chi connectivity index (χ2n) is 5.89. The molecule has 3 N–H and O–H groups in total. The topological polar surface area (TPSA) is 96.3 Å². The number of nitrogens with one attached hydrogen (secondary N) is 2.